The average molecular weight is 404 g/mol. The van der Waals surface area contributed by atoms with E-state index >= 15 is 0 Å². The molecule has 5 nitrogen and oxygen atoms in total. The summed E-state index contributed by atoms with van der Waals surface area (Å²) >= 11 is 6.15. The van der Waals surface area contributed by atoms with Crippen LogP contribution in [0.15, 0.2) is 51.7 Å². The van der Waals surface area contributed by atoms with Gasteiger partial charge in [-0.25, -0.2) is 9.18 Å². The van der Waals surface area contributed by atoms with Crippen LogP contribution >= 0.6 is 11.6 Å². The number of hydrogen-bond acceptors (Lipinski definition) is 4. The van der Waals surface area contributed by atoms with Crippen molar-refractivity contribution >= 4 is 28.5 Å². The molecule has 1 N–H and O–H groups in total. The summed E-state index contributed by atoms with van der Waals surface area (Å²) < 4.78 is 24.3. The van der Waals surface area contributed by atoms with Gasteiger partial charge < -0.3 is 14.5 Å². The van der Waals surface area contributed by atoms with E-state index in [0.717, 1.165) is 0 Å². The molecule has 3 aromatic rings. The number of fused-ring (bicyclic) bond motifs is 1. The van der Waals surface area contributed by atoms with Crippen LogP contribution in [0.2, 0.25) is 5.02 Å². The summed E-state index contributed by atoms with van der Waals surface area (Å²) in [6, 6.07) is 10.2. The molecule has 1 heterocycles. The first-order valence-electron chi connectivity index (χ1n) is 8.75. The molecule has 0 spiro atoms. The largest absolute Gasteiger partial charge is 0.481 e. The van der Waals surface area contributed by atoms with E-state index in [4.69, 9.17) is 20.8 Å². The molecule has 0 aliphatic heterocycles. The highest BCUT2D eigenvalue weighted by molar-refractivity contribution is 6.33. The number of hydrogen-bond donors (Lipinski definition) is 1. The Labute approximate surface area is 166 Å². The Balaban J connectivity index is 2.00. The molecule has 146 valence electrons. The third kappa shape index (κ3) is 4.34. The van der Waals surface area contributed by atoms with Gasteiger partial charge in [-0.1, -0.05) is 11.6 Å². The summed E-state index contributed by atoms with van der Waals surface area (Å²) in [5, 5.41) is 3.56. The summed E-state index contributed by atoms with van der Waals surface area (Å²) in [7, 11) is 0. The van der Waals surface area contributed by atoms with Crippen molar-refractivity contribution in [2.75, 3.05) is 0 Å². The Bertz CT molecular complexity index is 1090. The van der Waals surface area contributed by atoms with Crippen LogP contribution in [0.3, 0.4) is 0 Å². The predicted octanol–water partition coefficient (Wildman–Crippen LogP) is 4.54. The van der Waals surface area contributed by atoms with Crippen LogP contribution in [0, 0.1) is 5.82 Å². The number of halogens is 2. The van der Waals surface area contributed by atoms with Crippen LogP contribution in [-0.2, 0) is 4.79 Å². The van der Waals surface area contributed by atoms with Crippen molar-refractivity contribution in [3.8, 4) is 16.9 Å². The normalized spacial score (nSPS) is 12.2. The maximum atomic E-state index is 13.4. The summed E-state index contributed by atoms with van der Waals surface area (Å²) in [4.78, 5) is 24.1. The zero-order valence-electron chi connectivity index (χ0n) is 15.6. The Morgan fingerprint density at radius 1 is 1.11 bits per heavy atom. The first kappa shape index (κ1) is 19.9. The third-order valence-corrected chi connectivity index (χ3v) is 4.36. The molecule has 7 heteroatoms. The van der Waals surface area contributed by atoms with Gasteiger partial charge in [-0.15, -0.1) is 0 Å². The van der Waals surface area contributed by atoms with E-state index < -0.39 is 17.5 Å². The predicted molar refractivity (Wildman–Crippen MR) is 106 cm³/mol. The minimum Gasteiger partial charge on any atom is -0.481 e. The van der Waals surface area contributed by atoms with E-state index in [-0.39, 0.29) is 22.6 Å². The molecule has 1 aromatic heterocycles. The molecule has 2 aromatic carbocycles. The number of benzene rings is 2. The number of carbonyl (C=O) groups is 1. The molecule has 0 fully saturated rings. The SMILES string of the molecule is CC(C)NC(=O)C(C)Oc1ccc2c(-c3ccc(F)cc3Cl)cc(=O)oc2c1. The molecule has 0 aliphatic rings. The first-order chi connectivity index (χ1) is 13.2. The highest BCUT2D eigenvalue weighted by Crippen LogP contribution is 2.34. The molecule has 0 saturated carbocycles. The van der Waals surface area contributed by atoms with Gasteiger partial charge in [-0.05, 0) is 51.1 Å². The van der Waals surface area contributed by atoms with E-state index in [1.807, 2.05) is 13.8 Å². The lowest BCUT2D eigenvalue weighted by Crippen LogP contribution is -2.40. The molecule has 0 radical (unpaired) electrons. The van der Waals surface area contributed by atoms with Crippen molar-refractivity contribution in [1.29, 1.82) is 0 Å². The highest BCUT2D eigenvalue weighted by Gasteiger charge is 2.17. The Morgan fingerprint density at radius 3 is 2.54 bits per heavy atom. The smallest absolute Gasteiger partial charge is 0.336 e. The van der Waals surface area contributed by atoms with Gasteiger partial charge in [-0.2, -0.15) is 0 Å². The second kappa shape index (κ2) is 8.02. The van der Waals surface area contributed by atoms with Crippen molar-refractivity contribution in [2.24, 2.45) is 0 Å². The van der Waals surface area contributed by atoms with Crippen LogP contribution in [0.4, 0.5) is 4.39 Å². The summed E-state index contributed by atoms with van der Waals surface area (Å²) in [5.74, 6) is -0.335. The van der Waals surface area contributed by atoms with E-state index in [1.165, 1.54) is 30.3 Å². The molecule has 1 amide bonds. The van der Waals surface area contributed by atoms with Crippen molar-refractivity contribution in [3.63, 3.8) is 0 Å². The highest BCUT2D eigenvalue weighted by atomic mass is 35.5. The van der Waals surface area contributed by atoms with Crippen molar-refractivity contribution in [1.82, 2.24) is 5.32 Å². The van der Waals surface area contributed by atoms with Gasteiger partial charge in [-0.3, -0.25) is 4.79 Å². The third-order valence-electron chi connectivity index (χ3n) is 4.05. The van der Waals surface area contributed by atoms with E-state index in [2.05, 4.69) is 5.32 Å². The van der Waals surface area contributed by atoms with Gasteiger partial charge in [0.15, 0.2) is 6.10 Å². The van der Waals surface area contributed by atoms with Crippen molar-refractivity contribution in [3.05, 3.63) is 63.7 Å². The van der Waals surface area contributed by atoms with Crippen LogP contribution < -0.4 is 15.7 Å². The van der Waals surface area contributed by atoms with Crippen molar-refractivity contribution in [2.45, 2.75) is 32.9 Å². The minimum absolute atomic E-state index is 0.00353. The van der Waals surface area contributed by atoms with Crippen LogP contribution in [0.25, 0.3) is 22.1 Å². The van der Waals surface area contributed by atoms with Crippen LogP contribution in [0.5, 0.6) is 5.75 Å². The molecule has 0 bridgehead atoms. The van der Waals surface area contributed by atoms with Gasteiger partial charge in [0.1, 0.15) is 17.1 Å². The van der Waals surface area contributed by atoms with Crippen LogP contribution in [0.1, 0.15) is 20.8 Å². The quantitative estimate of drug-likeness (QED) is 0.635. The van der Waals surface area contributed by atoms with Crippen LogP contribution in [-0.4, -0.2) is 18.1 Å². The fourth-order valence-electron chi connectivity index (χ4n) is 2.81. The summed E-state index contributed by atoms with van der Waals surface area (Å²) in [6.45, 7) is 5.35. The minimum atomic E-state index is -0.721. The van der Waals surface area contributed by atoms with E-state index in [9.17, 15) is 14.0 Å². The molecule has 0 aliphatic carbocycles. The number of nitrogens with one attached hydrogen (secondary N) is 1. The zero-order chi connectivity index (χ0) is 20.4. The molecule has 1 atom stereocenters. The van der Waals surface area contributed by atoms with Gasteiger partial charge in [0.2, 0.25) is 0 Å². The molecular weight excluding hydrogens is 385 g/mol. The van der Waals surface area contributed by atoms with Gasteiger partial charge in [0.05, 0.1) is 5.02 Å². The summed E-state index contributed by atoms with van der Waals surface area (Å²) in [5.41, 5.74) is 0.732. The average Bonchev–Trinajstić information content (AvgIpc) is 2.60. The standard InChI is InChI=1S/C21H19ClFNO4/c1-11(2)24-21(26)12(3)27-14-5-7-16-17(10-20(25)28-19(16)9-14)15-6-4-13(23)8-18(15)22/h4-12H,1-3H3,(H,24,26). The number of carbonyl (C=O) groups excluding carboxylic acids is 1. The monoisotopic (exact) mass is 403 g/mol. The van der Waals surface area contributed by atoms with E-state index in [1.54, 1.807) is 19.1 Å². The van der Waals surface area contributed by atoms with Gasteiger partial charge in [0.25, 0.3) is 5.91 Å². The zero-order valence-corrected chi connectivity index (χ0v) is 16.3. The van der Waals surface area contributed by atoms with E-state index in [0.29, 0.717) is 22.3 Å². The fourth-order valence-corrected chi connectivity index (χ4v) is 3.08. The molecule has 0 saturated heterocycles. The Hall–Kier alpha value is -2.86. The van der Waals surface area contributed by atoms with Gasteiger partial charge in [0, 0.05) is 34.7 Å². The first-order valence-corrected chi connectivity index (χ1v) is 9.13. The molecule has 28 heavy (non-hydrogen) atoms. The molecular formula is C21H19ClFNO4. The second-order valence-electron chi connectivity index (χ2n) is 6.68. The fraction of sp³-hybridized carbons (Fsp3) is 0.238. The Morgan fingerprint density at radius 2 is 1.86 bits per heavy atom. The number of amides is 1. The molecule has 1 unspecified atom stereocenters. The lowest BCUT2D eigenvalue weighted by molar-refractivity contribution is -0.127. The topological polar surface area (TPSA) is 68.5 Å². The molecule has 3 rings (SSSR count). The number of rotatable bonds is 5. The maximum absolute atomic E-state index is 13.4. The van der Waals surface area contributed by atoms with Gasteiger partial charge >= 0.3 is 5.63 Å². The summed E-state index contributed by atoms with van der Waals surface area (Å²) in [6.07, 6.45) is -0.721. The maximum Gasteiger partial charge on any atom is 0.336 e. The second-order valence-corrected chi connectivity index (χ2v) is 7.09. The lowest BCUT2D eigenvalue weighted by atomic mass is 10.0. The number of ether oxygens (including phenoxy) is 1. The van der Waals surface area contributed by atoms with Crippen molar-refractivity contribution < 1.29 is 18.3 Å². The Kier molecular flexibility index (Phi) is 5.70. The lowest BCUT2D eigenvalue weighted by Gasteiger charge is -2.17.